The minimum absolute atomic E-state index is 0.794. The average molecular weight is 535 g/mol. The quantitative estimate of drug-likeness (QED) is 0.206. The molecule has 0 bridgehead atoms. The summed E-state index contributed by atoms with van der Waals surface area (Å²) in [4.78, 5) is 0. The molecule has 3 nitrogen and oxygen atoms in total. The van der Waals surface area contributed by atoms with Gasteiger partial charge in [-0.05, 0) is 70.8 Å². The van der Waals surface area contributed by atoms with Gasteiger partial charge in [0.1, 0.15) is 0 Å². The molecule has 6 aromatic carbocycles. The number of nitrogens with zero attached hydrogens (tertiary/aromatic N) is 2. The molecule has 4 heteroatoms. The van der Waals surface area contributed by atoms with E-state index in [1.54, 1.807) is 0 Å². The highest BCUT2D eigenvalue weighted by molar-refractivity contribution is 7.76. The molecular formula is C36H27N2OP. The third-order valence-corrected chi connectivity index (χ3v) is 10.4. The Balaban J connectivity index is 1.56. The van der Waals surface area contributed by atoms with Crippen LogP contribution in [0.3, 0.4) is 0 Å². The van der Waals surface area contributed by atoms with Crippen LogP contribution in [0.4, 0.5) is 22.7 Å². The van der Waals surface area contributed by atoms with E-state index in [1.807, 2.05) is 97.1 Å². The molecule has 0 N–H and O–H groups in total. The Labute approximate surface area is 235 Å². The predicted octanol–water partition coefficient (Wildman–Crippen LogP) is 9.83. The van der Waals surface area contributed by atoms with Gasteiger partial charge in [-0.1, -0.05) is 115 Å². The van der Waals surface area contributed by atoms with Crippen molar-refractivity contribution in [2.75, 3.05) is 9.34 Å². The van der Waals surface area contributed by atoms with E-state index in [4.69, 9.17) is 0 Å². The van der Waals surface area contributed by atoms with Gasteiger partial charge in [0.25, 0.3) is 0 Å². The molecule has 0 amide bonds. The van der Waals surface area contributed by atoms with Crippen LogP contribution in [0.15, 0.2) is 164 Å². The number of anilines is 4. The first-order chi connectivity index (χ1) is 19.7. The maximum absolute atomic E-state index is 16.2. The first-order valence-corrected chi connectivity index (χ1v) is 15.0. The second-order valence-corrected chi connectivity index (χ2v) is 12.2. The fourth-order valence-corrected chi connectivity index (χ4v) is 8.80. The Morgan fingerprint density at radius 2 is 0.825 bits per heavy atom. The van der Waals surface area contributed by atoms with Gasteiger partial charge in [-0.2, -0.15) is 0 Å². The van der Waals surface area contributed by atoms with E-state index in [0.717, 1.165) is 50.3 Å². The summed E-state index contributed by atoms with van der Waals surface area (Å²) in [6, 6.07) is 55.4. The summed E-state index contributed by atoms with van der Waals surface area (Å²) in [7, 11) is -3.52. The lowest BCUT2D eigenvalue weighted by Crippen LogP contribution is -2.27. The Morgan fingerprint density at radius 1 is 0.400 bits per heavy atom. The molecule has 1 heterocycles. The van der Waals surface area contributed by atoms with E-state index in [-0.39, 0.29) is 0 Å². The van der Waals surface area contributed by atoms with Crippen molar-refractivity contribution >= 4 is 35.5 Å². The van der Waals surface area contributed by atoms with E-state index in [2.05, 4.69) is 76.1 Å². The van der Waals surface area contributed by atoms with Crippen LogP contribution in [-0.4, -0.2) is 0 Å². The molecule has 6 aromatic rings. The van der Waals surface area contributed by atoms with Gasteiger partial charge < -0.3 is 0 Å². The number of hydrogen-bond donors (Lipinski definition) is 0. The Kier molecular flexibility index (Phi) is 6.07. The van der Waals surface area contributed by atoms with Crippen molar-refractivity contribution in [2.45, 2.75) is 0 Å². The average Bonchev–Trinajstić information content (AvgIpc) is 3.31. The Bertz CT molecular complexity index is 1750. The smallest absolute Gasteiger partial charge is 0.270 e. The highest BCUT2D eigenvalue weighted by Gasteiger charge is 2.49. The topological polar surface area (TPSA) is 23.6 Å². The fourth-order valence-electron chi connectivity index (χ4n) is 5.60. The van der Waals surface area contributed by atoms with E-state index < -0.39 is 7.44 Å². The minimum Gasteiger partial charge on any atom is -0.270 e. The third kappa shape index (κ3) is 3.95. The lowest BCUT2D eigenvalue weighted by molar-refractivity contribution is 0.582. The zero-order chi connectivity index (χ0) is 26.9. The number of benzene rings is 6. The molecular weight excluding hydrogens is 507 g/mol. The standard InChI is InChI=1S/C36H27N2OP/c39-40(36-26-25-30(28-15-5-1-6-16-28)27-33(36)29-17-7-2-8-18-29)37(31-19-9-3-10-20-31)34-23-13-14-24-35(34)38(40)32-21-11-4-12-22-32/h1-27H. The van der Waals surface area contributed by atoms with E-state index >= 15 is 4.57 Å². The fraction of sp³-hybridized carbons (Fsp3) is 0. The molecule has 192 valence electrons. The molecule has 0 spiro atoms. The van der Waals surface area contributed by atoms with Gasteiger partial charge >= 0.3 is 7.44 Å². The molecule has 0 saturated carbocycles. The molecule has 0 fully saturated rings. The van der Waals surface area contributed by atoms with Crippen LogP contribution >= 0.6 is 7.44 Å². The van der Waals surface area contributed by atoms with Crippen molar-refractivity contribution in [3.63, 3.8) is 0 Å². The molecule has 0 aromatic heterocycles. The summed E-state index contributed by atoms with van der Waals surface area (Å²) in [6.07, 6.45) is 0. The van der Waals surface area contributed by atoms with Crippen LogP contribution in [0.2, 0.25) is 0 Å². The van der Waals surface area contributed by atoms with Gasteiger partial charge in [-0.3, -0.25) is 13.9 Å². The molecule has 1 aliphatic heterocycles. The van der Waals surface area contributed by atoms with Crippen LogP contribution < -0.4 is 14.6 Å². The summed E-state index contributed by atoms with van der Waals surface area (Å²) in [5.41, 5.74) is 7.83. The Morgan fingerprint density at radius 3 is 1.32 bits per heavy atom. The van der Waals surface area contributed by atoms with Crippen molar-refractivity contribution in [2.24, 2.45) is 0 Å². The summed E-state index contributed by atoms with van der Waals surface area (Å²) < 4.78 is 20.3. The van der Waals surface area contributed by atoms with Gasteiger partial charge in [-0.25, -0.2) is 0 Å². The largest absolute Gasteiger partial charge is 0.302 e. The van der Waals surface area contributed by atoms with E-state index in [1.165, 1.54) is 0 Å². The van der Waals surface area contributed by atoms with Crippen molar-refractivity contribution < 1.29 is 4.57 Å². The zero-order valence-electron chi connectivity index (χ0n) is 21.8. The van der Waals surface area contributed by atoms with Crippen molar-refractivity contribution in [3.05, 3.63) is 164 Å². The van der Waals surface area contributed by atoms with Crippen molar-refractivity contribution in [3.8, 4) is 22.3 Å². The number of rotatable bonds is 5. The van der Waals surface area contributed by atoms with Crippen LogP contribution in [0.25, 0.3) is 22.3 Å². The molecule has 0 atom stereocenters. The van der Waals surface area contributed by atoms with Crippen molar-refractivity contribution in [1.82, 2.24) is 0 Å². The zero-order valence-corrected chi connectivity index (χ0v) is 22.7. The van der Waals surface area contributed by atoms with Crippen LogP contribution in [0.5, 0.6) is 0 Å². The molecule has 1 aliphatic rings. The van der Waals surface area contributed by atoms with Gasteiger partial charge in [0, 0.05) is 11.4 Å². The van der Waals surface area contributed by atoms with Gasteiger partial charge in [-0.15, -0.1) is 0 Å². The first-order valence-electron chi connectivity index (χ1n) is 13.4. The van der Waals surface area contributed by atoms with Gasteiger partial charge in [0.05, 0.1) is 16.7 Å². The molecule has 0 radical (unpaired) electrons. The highest BCUT2D eigenvalue weighted by Crippen LogP contribution is 2.70. The maximum atomic E-state index is 16.2. The maximum Gasteiger partial charge on any atom is 0.302 e. The molecule has 0 unspecified atom stereocenters. The lowest BCUT2D eigenvalue weighted by Gasteiger charge is -2.34. The Hall–Kier alpha value is -4.85. The van der Waals surface area contributed by atoms with Gasteiger partial charge in [0.15, 0.2) is 0 Å². The lowest BCUT2D eigenvalue weighted by atomic mass is 9.99. The van der Waals surface area contributed by atoms with Crippen LogP contribution in [-0.2, 0) is 4.57 Å². The normalized spacial score (nSPS) is 13.7. The van der Waals surface area contributed by atoms with Gasteiger partial charge in [0.2, 0.25) is 0 Å². The number of para-hydroxylation sites is 4. The third-order valence-electron chi connectivity index (χ3n) is 7.38. The first kappa shape index (κ1) is 24.2. The summed E-state index contributed by atoms with van der Waals surface area (Å²) >= 11 is 0. The van der Waals surface area contributed by atoms with Crippen LogP contribution in [0.1, 0.15) is 0 Å². The summed E-state index contributed by atoms with van der Waals surface area (Å²) in [5.74, 6) is 0. The SMILES string of the molecule is O=P1(c2ccc(-c3ccccc3)cc2-c2ccccc2)N(c2ccccc2)c2ccccc2N1c1ccccc1. The second-order valence-electron chi connectivity index (χ2n) is 9.79. The van der Waals surface area contributed by atoms with E-state index in [0.29, 0.717) is 0 Å². The number of fused-ring (bicyclic) bond motifs is 1. The highest BCUT2D eigenvalue weighted by atomic mass is 31.2. The van der Waals surface area contributed by atoms with Crippen molar-refractivity contribution in [1.29, 1.82) is 0 Å². The molecule has 40 heavy (non-hydrogen) atoms. The summed E-state index contributed by atoms with van der Waals surface area (Å²) in [6.45, 7) is 0. The second kappa shape index (κ2) is 10.0. The molecule has 0 saturated heterocycles. The predicted molar refractivity (Wildman–Crippen MR) is 168 cm³/mol. The van der Waals surface area contributed by atoms with Crippen LogP contribution in [0, 0.1) is 0 Å². The monoisotopic (exact) mass is 534 g/mol. The van der Waals surface area contributed by atoms with E-state index in [9.17, 15) is 0 Å². The summed E-state index contributed by atoms with van der Waals surface area (Å²) in [5, 5.41) is 0.794. The molecule has 7 rings (SSSR count). The minimum atomic E-state index is -3.52. The molecule has 0 aliphatic carbocycles. The number of hydrogen-bond acceptors (Lipinski definition) is 1.